The lowest BCUT2D eigenvalue weighted by atomic mass is 9.86. The Morgan fingerprint density at radius 1 is 0.923 bits per heavy atom. The van der Waals surface area contributed by atoms with Crippen LogP contribution in [0.15, 0.2) is 102 Å². The van der Waals surface area contributed by atoms with Gasteiger partial charge in [0.1, 0.15) is 17.6 Å². The summed E-state index contributed by atoms with van der Waals surface area (Å²) in [5, 5.41) is 27.9. The number of amides is 1. The van der Waals surface area contributed by atoms with Crippen LogP contribution in [0.2, 0.25) is 0 Å². The van der Waals surface area contributed by atoms with Crippen molar-refractivity contribution in [3.05, 3.63) is 124 Å². The molecule has 2 atom stereocenters. The van der Waals surface area contributed by atoms with Crippen LogP contribution in [0.25, 0.3) is 22.0 Å². The first kappa shape index (κ1) is 35.3. The molecule has 1 aromatic heterocycles. The number of rotatable bonds is 14. The van der Waals surface area contributed by atoms with E-state index in [0.29, 0.717) is 42.1 Å². The molecular weight excluding hydrogens is 656 g/mol. The number of benzene rings is 4. The van der Waals surface area contributed by atoms with Gasteiger partial charge in [-0.05, 0) is 104 Å². The van der Waals surface area contributed by atoms with E-state index in [4.69, 9.17) is 9.47 Å². The van der Waals surface area contributed by atoms with Crippen LogP contribution in [0.4, 0.5) is 10.5 Å². The number of carbonyl (C=O) groups excluding carboxylic acids is 1. The molecule has 3 aliphatic rings. The highest BCUT2D eigenvalue weighted by molar-refractivity contribution is 5.92. The Bertz CT molecular complexity index is 2030. The van der Waals surface area contributed by atoms with Crippen molar-refractivity contribution in [2.45, 2.75) is 50.9 Å². The Kier molecular flexibility index (Phi) is 11.2. The van der Waals surface area contributed by atoms with Gasteiger partial charge in [0, 0.05) is 36.7 Å². The molecule has 8 rings (SSSR count). The van der Waals surface area contributed by atoms with Gasteiger partial charge < -0.3 is 30.0 Å². The largest absolute Gasteiger partial charge is 0.506 e. The fourth-order valence-electron chi connectivity index (χ4n) is 7.38. The lowest BCUT2D eigenvalue weighted by molar-refractivity contribution is -0.0289. The van der Waals surface area contributed by atoms with Gasteiger partial charge in [0.05, 0.1) is 23.9 Å². The summed E-state index contributed by atoms with van der Waals surface area (Å²) in [6.07, 6.45) is 3.60. The first-order chi connectivity index (χ1) is 25.4. The second kappa shape index (κ2) is 16.5. The number of phenolic OH excluding ortho intramolecular Hbond substituents is 1. The summed E-state index contributed by atoms with van der Waals surface area (Å²) in [5.74, 6) is 1.22. The summed E-state index contributed by atoms with van der Waals surface area (Å²) in [6, 6.07) is 30.4. The van der Waals surface area contributed by atoms with Crippen LogP contribution in [0.1, 0.15) is 48.5 Å². The van der Waals surface area contributed by atoms with E-state index in [9.17, 15) is 19.8 Å². The summed E-state index contributed by atoms with van der Waals surface area (Å²) in [5.41, 5.74) is 5.61. The minimum absolute atomic E-state index is 0.0334. The second-order valence-corrected chi connectivity index (χ2v) is 13.8. The number of aromatic amines is 1. The highest BCUT2D eigenvalue weighted by atomic mass is 16.6. The van der Waals surface area contributed by atoms with E-state index in [1.807, 2.05) is 42.5 Å². The van der Waals surface area contributed by atoms with Gasteiger partial charge in [-0.2, -0.15) is 0 Å². The maximum atomic E-state index is 13.1. The minimum atomic E-state index is -0.822. The zero-order valence-electron chi connectivity index (χ0n) is 29.2. The summed E-state index contributed by atoms with van der Waals surface area (Å²) in [7, 11) is 0. The van der Waals surface area contributed by atoms with E-state index in [1.54, 1.807) is 12.1 Å². The zero-order valence-corrected chi connectivity index (χ0v) is 29.2. The van der Waals surface area contributed by atoms with Crippen molar-refractivity contribution in [2.75, 3.05) is 38.1 Å². The average Bonchev–Trinajstić information content (AvgIpc) is 3.16. The third-order valence-electron chi connectivity index (χ3n) is 10.2. The topological polar surface area (TPSA) is 136 Å². The van der Waals surface area contributed by atoms with Crippen molar-refractivity contribution >= 4 is 22.7 Å². The number of aliphatic hydroxyl groups is 1. The van der Waals surface area contributed by atoms with Gasteiger partial charge in [-0.3, -0.25) is 15.0 Å². The van der Waals surface area contributed by atoms with Crippen molar-refractivity contribution in [3.63, 3.8) is 0 Å². The molecule has 3 saturated heterocycles. The van der Waals surface area contributed by atoms with Crippen LogP contribution in [0.3, 0.4) is 0 Å². The maximum absolute atomic E-state index is 13.1. The molecule has 0 spiro atoms. The number of hydrogen-bond acceptors (Lipinski definition) is 8. The highest BCUT2D eigenvalue weighted by Crippen LogP contribution is 2.33. The van der Waals surface area contributed by atoms with E-state index in [1.165, 1.54) is 12.1 Å². The molecule has 5 aromatic rings. The SMILES string of the molecule is O=C(Nc1cc(CCCCOc2ccc(CNCC(O)c3ccc(O)c4[nH]c(=O)ccc34)cc2)ccc1-c1ccccc1)O[C@H]1CN2CCC1CC2. The van der Waals surface area contributed by atoms with E-state index in [0.717, 1.165) is 85.4 Å². The van der Waals surface area contributed by atoms with Crippen molar-refractivity contribution in [1.82, 2.24) is 15.2 Å². The molecule has 1 unspecified atom stereocenters. The number of nitrogens with one attached hydrogen (secondary N) is 3. The number of H-pyrrole nitrogens is 1. The molecule has 0 radical (unpaired) electrons. The van der Waals surface area contributed by atoms with Crippen LogP contribution in [-0.2, 0) is 17.7 Å². The summed E-state index contributed by atoms with van der Waals surface area (Å²) >= 11 is 0. The molecule has 10 heteroatoms. The summed E-state index contributed by atoms with van der Waals surface area (Å²) < 4.78 is 12.0. The van der Waals surface area contributed by atoms with Crippen LogP contribution in [0, 0.1) is 5.92 Å². The lowest BCUT2D eigenvalue weighted by Crippen LogP contribution is -2.52. The number of ether oxygens (including phenoxy) is 2. The average molecular weight is 703 g/mol. The van der Waals surface area contributed by atoms with Crippen LogP contribution < -0.4 is 20.9 Å². The van der Waals surface area contributed by atoms with Crippen molar-refractivity contribution in [3.8, 4) is 22.6 Å². The standard InChI is InChI=1S/C42H46N4O6/c47-37-17-15-34(35-16-18-40(49)45-41(35)37)38(48)26-43-25-29-9-12-32(13-10-29)51-23-5-4-6-28-11-14-33(30-7-2-1-3-8-30)36(24-28)44-42(50)52-39-27-46-21-19-31(39)20-22-46/h1-3,7-18,24,31,38-39,43,47-48H,4-6,19-23,25-27H2,(H,44,50)(H,45,49)/t38?,39-/m0/s1. The Balaban J connectivity index is 0.866. The van der Waals surface area contributed by atoms with Crippen LogP contribution >= 0.6 is 0 Å². The van der Waals surface area contributed by atoms with E-state index < -0.39 is 6.10 Å². The van der Waals surface area contributed by atoms with Gasteiger partial charge in [-0.15, -0.1) is 0 Å². The van der Waals surface area contributed by atoms with Crippen molar-refractivity contribution in [1.29, 1.82) is 0 Å². The Morgan fingerprint density at radius 3 is 2.48 bits per heavy atom. The smallest absolute Gasteiger partial charge is 0.411 e. The first-order valence-corrected chi connectivity index (χ1v) is 18.2. The molecule has 3 aliphatic heterocycles. The molecular formula is C42H46N4O6. The monoisotopic (exact) mass is 702 g/mol. The fraction of sp³-hybridized carbons (Fsp3) is 0.333. The number of aliphatic hydroxyl groups excluding tert-OH is 1. The predicted molar refractivity (Wildman–Crippen MR) is 203 cm³/mol. The molecule has 2 bridgehead atoms. The Hall–Kier alpha value is -5.16. The summed E-state index contributed by atoms with van der Waals surface area (Å²) in [4.78, 5) is 29.8. The number of unbranched alkanes of at least 4 members (excludes halogenated alkanes) is 1. The number of fused-ring (bicyclic) bond motifs is 4. The van der Waals surface area contributed by atoms with E-state index >= 15 is 0 Å². The van der Waals surface area contributed by atoms with Gasteiger partial charge in [-0.25, -0.2) is 4.79 Å². The minimum Gasteiger partial charge on any atom is -0.506 e. The number of aromatic hydroxyl groups is 1. The van der Waals surface area contributed by atoms with Crippen LogP contribution in [-0.4, -0.2) is 65.1 Å². The number of pyridine rings is 1. The number of phenols is 1. The molecule has 4 aromatic carbocycles. The molecule has 1 amide bonds. The van der Waals surface area contributed by atoms with Gasteiger partial charge in [0.25, 0.3) is 0 Å². The van der Waals surface area contributed by atoms with E-state index in [2.05, 4.69) is 50.8 Å². The van der Waals surface area contributed by atoms with Crippen molar-refractivity contribution in [2.24, 2.45) is 5.92 Å². The normalized spacial score (nSPS) is 18.6. The molecule has 0 saturated carbocycles. The van der Waals surface area contributed by atoms with Gasteiger partial charge in [0.15, 0.2) is 0 Å². The number of piperidine rings is 3. The molecule has 52 heavy (non-hydrogen) atoms. The molecule has 4 heterocycles. The first-order valence-electron chi connectivity index (χ1n) is 18.2. The van der Waals surface area contributed by atoms with Gasteiger partial charge in [-0.1, -0.05) is 60.7 Å². The highest BCUT2D eigenvalue weighted by Gasteiger charge is 2.36. The third kappa shape index (κ3) is 8.65. The number of carbonyl (C=O) groups is 1. The molecule has 270 valence electrons. The van der Waals surface area contributed by atoms with Gasteiger partial charge in [0.2, 0.25) is 5.56 Å². The molecule has 3 fully saturated rings. The quantitative estimate of drug-likeness (QED) is 0.0801. The zero-order chi connectivity index (χ0) is 35.9. The van der Waals surface area contributed by atoms with Crippen molar-refractivity contribution < 1.29 is 24.5 Å². The Labute approximate surface area is 303 Å². The molecule has 5 N–H and O–H groups in total. The molecule has 10 nitrogen and oxygen atoms in total. The maximum Gasteiger partial charge on any atom is 0.411 e. The van der Waals surface area contributed by atoms with Gasteiger partial charge >= 0.3 is 6.09 Å². The second-order valence-electron chi connectivity index (χ2n) is 13.8. The van der Waals surface area contributed by atoms with Crippen LogP contribution in [0.5, 0.6) is 11.5 Å². The van der Waals surface area contributed by atoms with E-state index in [-0.39, 0.29) is 23.5 Å². The third-order valence-corrected chi connectivity index (χ3v) is 10.2. The predicted octanol–water partition coefficient (Wildman–Crippen LogP) is 6.77. The lowest BCUT2D eigenvalue weighted by Gasteiger charge is -2.43. The fourth-order valence-corrected chi connectivity index (χ4v) is 7.38. The number of anilines is 1. The number of aryl methyl sites for hydroxylation is 1. The number of aromatic nitrogens is 1. The number of nitrogens with zero attached hydrogens (tertiary/aromatic N) is 1. The Morgan fingerprint density at radius 2 is 1.71 bits per heavy atom. The number of hydrogen-bond donors (Lipinski definition) is 5. The summed E-state index contributed by atoms with van der Waals surface area (Å²) in [6.45, 7) is 4.47. The molecule has 0 aliphatic carbocycles.